The minimum Gasteiger partial charge on any atom is -0.481 e. The largest absolute Gasteiger partial charge is 0.481 e. The number of carbonyl (C=O) groups excluding carboxylic acids is 1. The summed E-state index contributed by atoms with van der Waals surface area (Å²) in [7, 11) is 4.36. The van der Waals surface area contributed by atoms with Crippen LogP contribution in [-0.2, 0) is 25.3 Å². The van der Waals surface area contributed by atoms with Crippen LogP contribution >= 0.6 is 23.2 Å². The molecule has 2 aliphatic rings. The predicted molar refractivity (Wildman–Crippen MR) is 176 cm³/mol. The minimum absolute atomic E-state index is 0.0104. The number of carbonyl (C=O) groups is 1. The van der Waals surface area contributed by atoms with Crippen LogP contribution in [0, 0.1) is 0 Å². The highest BCUT2D eigenvalue weighted by Gasteiger charge is 2.33. The molecule has 0 unspecified atom stereocenters. The van der Waals surface area contributed by atoms with Gasteiger partial charge in [-0.3, -0.25) is 14.2 Å². The van der Waals surface area contributed by atoms with E-state index >= 15 is 0 Å². The SMILES string of the molecule is COc1nc(-c2cccc(-c3cccc(NC(=O)c4cn(C)c(=O)n(C)c4=O)c3Cl)c2Cl)cc2c1[C@H](N[C@@H]1CCOC[C@@H]1O)CC2. The lowest BCUT2D eigenvalue weighted by molar-refractivity contribution is -0.0304. The molecule has 13 heteroatoms. The molecule has 240 valence electrons. The maximum Gasteiger partial charge on any atom is 0.330 e. The number of benzene rings is 2. The maximum atomic E-state index is 13.1. The van der Waals surface area contributed by atoms with E-state index in [2.05, 4.69) is 10.6 Å². The fourth-order valence-corrected chi connectivity index (χ4v) is 6.77. The van der Waals surface area contributed by atoms with Crippen molar-refractivity contribution >= 4 is 34.8 Å². The van der Waals surface area contributed by atoms with Gasteiger partial charge < -0.3 is 29.8 Å². The second-order valence-electron chi connectivity index (χ2n) is 11.5. The summed E-state index contributed by atoms with van der Waals surface area (Å²) < 4.78 is 13.2. The molecule has 0 spiro atoms. The van der Waals surface area contributed by atoms with Crippen LogP contribution in [0.1, 0.15) is 40.4 Å². The van der Waals surface area contributed by atoms with E-state index in [0.29, 0.717) is 46.5 Å². The van der Waals surface area contributed by atoms with Gasteiger partial charge in [-0.2, -0.15) is 0 Å². The molecule has 1 aliphatic heterocycles. The lowest BCUT2D eigenvalue weighted by Gasteiger charge is -2.31. The molecule has 0 saturated carbocycles. The van der Waals surface area contributed by atoms with E-state index in [4.69, 9.17) is 37.7 Å². The standard InChI is InChI=1S/C33H33Cl2N5O6/c1-39-15-21(32(43)40(2)33(39)44)30(42)37-24-9-5-7-19(29(24)35)18-6-4-8-20(28(18)34)25-14-17-10-11-23(27(17)31(38-25)45-3)36-22-12-13-46-16-26(22)41/h4-9,14-15,22-23,26,36,41H,10-13,16H2,1-3H3,(H,37,42)/t22-,23-,26+/m1/s1. The van der Waals surface area contributed by atoms with E-state index < -0.39 is 23.3 Å². The number of amides is 1. The molecule has 46 heavy (non-hydrogen) atoms. The van der Waals surface area contributed by atoms with Crippen molar-refractivity contribution in [3.05, 3.63) is 96.2 Å². The van der Waals surface area contributed by atoms with Crippen molar-refractivity contribution < 1.29 is 19.4 Å². The van der Waals surface area contributed by atoms with Crippen LogP contribution in [-0.4, -0.2) is 57.6 Å². The molecule has 1 fully saturated rings. The van der Waals surface area contributed by atoms with Gasteiger partial charge in [-0.25, -0.2) is 9.78 Å². The van der Waals surface area contributed by atoms with Crippen molar-refractivity contribution in [3.63, 3.8) is 0 Å². The first-order chi connectivity index (χ1) is 22.1. The van der Waals surface area contributed by atoms with E-state index in [1.165, 1.54) is 20.3 Å². The van der Waals surface area contributed by atoms with Crippen molar-refractivity contribution in [2.45, 2.75) is 37.5 Å². The number of aromatic nitrogens is 3. The Bertz CT molecular complexity index is 1960. The van der Waals surface area contributed by atoms with Crippen LogP contribution in [0.15, 0.2) is 58.3 Å². The van der Waals surface area contributed by atoms with Gasteiger partial charge >= 0.3 is 5.69 Å². The average molecular weight is 667 g/mol. The summed E-state index contributed by atoms with van der Waals surface area (Å²) in [6.45, 7) is 0.917. The van der Waals surface area contributed by atoms with E-state index in [0.717, 1.165) is 39.5 Å². The van der Waals surface area contributed by atoms with Gasteiger partial charge in [0.15, 0.2) is 0 Å². The molecule has 11 nitrogen and oxygen atoms in total. The summed E-state index contributed by atoms with van der Waals surface area (Å²) in [5, 5.41) is 17.3. The van der Waals surface area contributed by atoms with Gasteiger partial charge in [-0.1, -0.05) is 53.5 Å². The number of nitrogens with one attached hydrogen (secondary N) is 2. The third-order valence-electron chi connectivity index (χ3n) is 8.60. The van der Waals surface area contributed by atoms with Gasteiger partial charge in [0.1, 0.15) is 5.56 Å². The van der Waals surface area contributed by atoms with Crippen LogP contribution in [0.5, 0.6) is 5.88 Å². The first kappa shape index (κ1) is 32.0. The van der Waals surface area contributed by atoms with Crippen LogP contribution < -0.4 is 26.6 Å². The van der Waals surface area contributed by atoms with Crippen LogP contribution in [0.4, 0.5) is 5.69 Å². The fourth-order valence-electron chi connectivity index (χ4n) is 6.17. The number of aryl methyl sites for hydroxylation is 2. The second-order valence-corrected chi connectivity index (χ2v) is 12.2. The van der Waals surface area contributed by atoms with Crippen LogP contribution in [0.2, 0.25) is 10.0 Å². The smallest absolute Gasteiger partial charge is 0.330 e. The molecule has 0 bridgehead atoms. The second kappa shape index (κ2) is 13.0. The molecule has 1 amide bonds. The first-order valence-corrected chi connectivity index (χ1v) is 15.6. The van der Waals surface area contributed by atoms with Gasteiger partial charge in [0, 0.05) is 61.2 Å². The molecule has 3 atom stereocenters. The number of aliphatic hydroxyl groups is 1. The zero-order chi connectivity index (χ0) is 32.7. The van der Waals surface area contributed by atoms with Crippen LogP contribution in [0.3, 0.4) is 0 Å². The van der Waals surface area contributed by atoms with Crippen LogP contribution in [0.25, 0.3) is 22.4 Å². The number of nitrogens with zero attached hydrogens (tertiary/aromatic N) is 3. The number of rotatable bonds is 7. The highest BCUT2D eigenvalue weighted by Crippen LogP contribution is 2.44. The van der Waals surface area contributed by atoms with E-state index in [-0.39, 0.29) is 28.4 Å². The Morgan fingerprint density at radius 1 is 1.07 bits per heavy atom. The van der Waals surface area contributed by atoms with Crippen molar-refractivity contribution in [1.29, 1.82) is 0 Å². The topological polar surface area (TPSA) is 137 Å². The van der Waals surface area contributed by atoms with E-state index in [1.807, 2.05) is 24.3 Å². The van der Waals surface area contributed by atoms with E-state index in [1.54, 1.807) is 25.3 Å². The third-order valence-corrected chi connectivity index (χ3v) is 9.41. The lowest BCUT2D eigenvalue weighted by atomic mass is 9.99. The normalized spacial score (nSPS) is 19.1. The van der Waals surface area contributed by atoms with Gasteiger partial charge in [-0.05, 0) is 37.0 Å². The molecule has 6 rings (SSSR count). The minimum atomic E-state index is -0.718. The molecular formula is C33H33Cl2N5O6. The fraction of sp³-hybridized carbons (Fsp3) is 0.333. The summed E-state index contributed by atoms with van der Waals surface area (Å²) in [5.41, 5.74) is 3.38. The Morgan fingerprint density at radius 2 is 1.78 bits per heavy atom. The van der Waals surface area contributed by atoms with Gasteiger partial charge in [-0.15, -0.1) is 0 Å². The third kappa shape index (κ3) is 5.85. The molecule has 1 aliphatic carbocycles. The molecule has 3 N–H and O–H groups in total. The van der Waals surface area contributed by atoms with Crippen molar-refractivity contribution in [3.8, 4) is 28.3 Å². The van der Waals surface area contributed by atoms with Crippen molar-refractivity contribution in [2.75, 3.05) is 25.6 Å². The monoisotopic (exact) mass is 665 g/mol. The highest BCUT2D eigenvalue weighted by molar-refractivity contribution is 6.39. The van der Waals surface area contributed by atoms with Crippen molar-refractivity contribution in [1.82, 2.24) is 19.4 Å². The molecule has 2 aromatic heterocycles. The zero-order valence-electron chi connectivity index (χ0n) is 25.5. The van der Waals surface area contributed by atoms with E-state index in [9.17, 15) is 19.5 Å². The Balaban J connectivity index is 1.31. The number of aliphatic hydroxyl groups excluding tert-OH is 1. The number of pyridine rings is 1. The molecule has 4 aromatic rings. The summed E-state index contributed by atoms with van der Waals surface area (Å²) in [5.74, 6) is -0.207. The number of anilines is 1. The molecule has 1 saturated heterocycles. The van der Waals surface area contributed by atoms with Crippen molar-refractivity contribution in [2.24, 2.45) is 14.1 Å². The number of ether oxygens (including phenoxy) is 2. The first-order valence-electron chi connectivity index (χ1n) is 14.8. The quantitative estimate of drug-likeness (QED) is 0.268. The molecular weight excluding hydrogens is 633 g/mol. The Labute approximate surface area is 274 Å². The summed E-state index contributed by atoms with van der Waals surface area (Å²) in [6, 6.07) is 12.6. The van der Waals surface area contributed by atoms with Gasteiger partial charge in [0.2, 0.25) is 5.88 Å². The van der Waals surface area contributed by atoms with Gasteiger partial charge in [0.05, 0.1) is 41.2 Å². The van der Waals surface area contributed by atoms with Gasteiger partial charge in [0.25, 0.3) is 11.5 Å². The Kier molecular flexibility index (Phi) is 9.04. The number of hydrogen-bond donors (Lipinski definition) is 3. The number of methoxy groups -OCH3 is 1. The summed E-state index contributed by atoms with van der Waals surface area (Å²) >= 11 is 13.9. The molecule has 3 heterocycles. The Hall–Kier alpha value is -4.00. The maximum absolute atomic E-state index is 13.1. The highest BCUT2D eigenvalue weighted by atomic mass is 35.5. The number of hydrogen-bond acceptors (Lipinski definition) is 8. The zero-order valence-corrected chi connectivity index (χ0v) is 27.0. The lowest BCUT2D eigenvalue weighted by Crippen LogP contribution is -2.47. The molecule has 0 radical (unpaired) electrons. The predicted octanol–water partition coefficient (Wildman–Crippen LogP) is 4.11. The summed E-state index contributed by atoms with van der Waals surface area (Å²) in [4.78, 5) is 42.6. The average Bonchev–Trinajstić information content (AvgIpc) is 3.46. The molecule has 2 aromatic carbocycles. The Morgan fingerprint density at radius 3 is 2.52 bits per heavy atom. The number of halogens is 2. The summed E-state index contributed by atoms with van der Waals surface area (Å²) in [6.07, 6.45) is 3.00. The number of fused-ring (bicyclic) bond motifs is 1.